The predicted octanol–water partition coefficient (Wildman–Crippen LogP) is 2.56. The van der Waals surface area contributed by atoms with Crippen LogP contribution in [0.15, 0.2) is 18.2 Å². The van der Waals surface area contributed by atoms with Crippen LogP contribution in [-0.4, -0.2) is 19.1 Å². The summed E-state index contributed by atoms with van der Waals surface area (Å²) in [6, 6.07) is 3.21. The number of nitrogens with two attached hydrogens (primary N) is 1. The molecular formula is C12H16ClF3N2O2. The number of ether oxygens (including phenoxy) is 1. The second-order valence-electron chi connectivity index (χ2n) is 3.99. The molecule has 0 fully saturated rings. The maximum Gasteiger partial charge on any atom is 0.416 e. The summed E-state index contributed by atoms with van der Waals surface area (Å²) in [5.41, 5.74) is 4.82. The highest BCUT2D eigenvalue weighted by molar-refractivity contribution is 5.94. The zero-order valence-corrected chi connectivity index (χ0v) is 11.8. The van der Waals surface area contributed by atoms with E-state index in [0.717, 1.165) is 12.1 Å². The summed E-state index contributed by atoms with van der Waals surface area (Å²) < 4.78 is 42.8. The third kappa shape index (κ3) is 4.99. The Labute approximate surface area is 120 Å². The first-order valence-corrected chi connectivity index (χ1v) is 5.52. The molecule has 1 amide bonds. The Morgan fingerprint density at radius 3 is 2.45 bits per heavy atom. The summed E-state index contributed by atoms with van der Waals surface area (Å²) in [5, 5.41) is 2.36. The molecule has 4 nitrogen and oxygen atoms in total. The number of carbonyl (C=O) groups is 1. The zero-order valence-electron chi connectivity index (χ0n) is 11.0. The van der Waals surface area contributed by atoms with Gasteiger partial charge >= 0.3 is 6.18 Å². The Hall–Kier alpha value is -1.31. The van der Waals surface area contributed by atoms with Gasteiger partial charge in [-0.3, -0.25) is 4.79 Å². The van der Waals surface area contributed by atoms with Gasteiger partial charge < -0.3 is 15.8 Å². The summed E-state index contributed by atoms with van der Waals surface area (Å²) in [6.45, 7) is 1.44. The van der Waals surface area contributed by atoms with Crippen molar-refractivity contribution < 1.29 is 22.7 Å². The largest absolute Gasteiger partial charge is 0.416 e. The van der Waals surface area contributed by atoms with E-state index in [1.165, 1.54) is 20.1 Å². The highest BCUT2D eigenvalue weighted by atomic mass is 35.5. The first-order chi connectivity index (χ1) is 8.77. The lowest BCUT2D eigenvalue weighted by Gasteiger charge is -2.14. The average molecular weight is 313 g/mol. The van der Waals surface area contributed by atoms with Gasteiger partial charge in [-0.05, 0) is 30.7 Å². The van der Waals surface area contributed by atoms with Gasteiger partial charge in [0.2, 0.25) is 0 Å². The Kier molecular flexibility index (Phi) is 6.98. The van der Waals surface area contributed by atoms with Crippen LogP contribution < -0.4 is 11.1 Å². The number of carbonyl (C=O) groups excluding carboxylic acids is 1. The minimum absolute atomic E-state index is 0. The van der Waals surface area contributed by atoms with Crippen molar-refractivity contribution in [3.05, 3.63) is 29.3 Å². The summed E-state index contributed by atoms with van der Waals surface area (Å²) in [6.07, 6.45) is -5.24. The normalized spacial score (nSPS) is 12.5. The van der Waals surface area contributed by atoms with Gasteiger partial charge in [0.15, 0.2) is 0 Å². The first-order valence-electron chi connectivity index (χ1n) is 5.52. The smallest absolute Gasteiger partial charge is 0.372 e. The lowest BCUT2D eigenvalue weighted by Crippen LogP contribution is -2.26. The third-order valence-corrected chi connectivity index (χ3v) is 2.55. The van der Waals surface area contributed by atoms with Gasteiger partial charge in [-0.2, -0.15) is 13.2 Å². The molecule has 1 unspecified atom stereocenters. The molecule has 0 saturated heterocycles. The minimum Gasteiger partial charge on any atom is -0.372 e. The van der Waals surface area contributed by atoms with E-state index < -0.39 is 23.8 Å². The number of halogens is 4. The maximum absolute atomic E-state index is 12.7. The van der Waals surface area contributed by atoms with Crippen LogP contribution in [0, 0.1) is 0 Å². The third-order valence-electron chi connectivity index (χ3n) is 2.55. The van der Waals surface area contributed by atoms with Crippen molar-refractivity contribution in [1.29, 1.82) is 0 Å². The van der Waals surface area contributed by atoms with Crippen LogP contribution in [0.4, 0.5) is 18.9 Å². The van der Waals surface area contributed by atoms with Gasteiger partial charge in [-0.15, -0.1) is 12.4 Å². The van der Waals surface area contributed by atoms with Crippen LogP contribution in [-0.2, 0) is 22.3 Å². The standard InChI is InChI=1S/C12H15F3N2O2.ClH/c1-7(19-2)11(18)17-10-4-8(6-16)3-9(5-10)12(13,14)15;/h3-5,7H,6,16H2,1-2H3,(H,17,18);1H. The SMILES string of the molecule is COC(C)C(=O)Nc1cc(CN)cc(C(F)(F)F)c1.Cl. The number of rotatable bonds is 4. The van der Waals surface area contributed by atoms with E-state index in [2.05, 4.69) is 5.32 Å². The molecule has 8 heteroatoms. The van der Waals surface area contributed by atoms with E-state index >= 15 is 0 Å². The Balaban J connectivity index is 0.00000361. The van der Waals surface area contributed by atoms with Crippen LogP contribution in [0.2, 0.25) is 0 Å². The minimum atomic E-state index is -4.49. The van der Waals surface area contributed by atoms with E-state index in [0.29, 0.717) is 0 Å². The second-order valence-corrected chi connectivity index (χ2v) is 3.99. The van der Waals surface area contributed by atoms with E-state index in [-0.39, 0.29) is 30.2 Å². The van der Waals surface area contributed by atoms with Gasteiger partial charge in [-0.1, -0.05) is 0 Å². The first kappa shape index (κ1) is 18.7. The van der Waals surface area contributed by atoms with Crippen molar-refractivity contribution >= 4 is 24.0 Å². The van der Waals surface area contributed by atoms with Crippen LogP contribution in [0.5, 0.6) is 0 Å². The fourth-order valence-electron chi connectivity index (χ4n) is 1.40. The summed E-state index contributed by atoms with van der Waals surface area (Å²) in [7, 11) is 1.34. The summed E-state index contributed by atoms with van der Waals surface area (Å²) >= 11 is 0. The molecule has 0 spiro atoms. The summed E-state index contributed by atoms with van der Waals surface area (Å²) in [4.78, 5) is 11.6. The van der Waals surface area contributed by atoms with E-state index in [4.69, 9.17) is 10.5 Å². The van der Waals surface area contributed by atoms with Crippen LogP contribution in [0.1, 0.15) is 18.1 Å². The van der Waals surface area contributed by atoms with Crippen LogP contribution >= 0.6 is 12.4 Å². The molecule has 0 aliphatic rings. The molecule has 3 N–H and O–H groups in total. The monoisotopic (exact) mass is 312 g/mol. The number of anilines is 1. The fourth-order valence-corrected chi connectivity index (χ4v) is 1.40. The zero-order chi connectivity index (χ0) is 14.6. The topological polar surface area (TPSA) is 64.3 Å². The molecule has 0 aromatic heterocycles. The molecule has 1 aromatic carbocycles. The highest BCUT2D eigenvalue weighted by Crippen LogP contribution is 2.32. The Bertz CT molecular complexity index is 467. The fraction of sp³-hybridized carbons (Fsp3) is 0.417. The lowest BCUT2D eigenvalue weighted by molar-refractivity contribution is -0.137. The molecule has 20 heavy (non-hydrogen) atoms. The molecule has 1 aromatic rings. The number of hydrogen-bond donors (Lipinski definition) is 2. The Morgan fingerprint density at radius 1 is 1.40 bits per heavy atom. The molecule has 0 aliphatic heterocycles. The van der Waals surface area contributed by atoms with Crippen LogP contribution in [0.25, 0.3) is 0 Å². The molecule has 1 atom stereocenters. The molecule has 0 aliphatic carbocycles. The van der Waals surface area contributed by atoms with Crippen molar-refractivity contribution in [2.75, 3.05) is 12.4 Å². The highest BCUT2D eigenvalue weighted by Gasteiger charge is 2.31. The summed E-state index contributed by atoms with van der Waals surface area (Å²) in [5.74, 6) is -0.523. The molecule has 0 radical (unpaired) electrons. The van der Waals surface area contributed by atoms with Crippen molar-refractivity contribution in [2.45, 2.75) is 25.7 Å². The molecule has 0 heterocycles. The number of nitrogens with one attached hydrogen (secondary N) is 1. The number of methoxy groups -OCH3 is 1. The number of alkyl halides is 3. The Morgan fingerprint density at radius 2 is 2.00 bits per heavy atom. The number of hydrogen-bond acceptors (Lipinski definition) is 3. The predicted molar refractivity (Wildman–Crippen MR) is 71.7 cm³/mol. The van der Waals surface area contributed by atoms with Crippen molar-refractivity contribution in [3.63, 3.8) is 0 Å². The molecule has 114 valence electrons. The van der Waals surface area contributed by atoms with Gasteiger partial charge in [0.1, 0.15) is 6.10 Å². The van der Waals surface area contributed by atoms with Gasteiger partial charge in [0, 0.05) is 19.3 Å². The van der Waals surface area contributed by atoms with E-state index in [1.54, 1.807) is 0 Å². The van der Waals surface area contributed by atoms with Gasteiger partial charge in [-0.25, -0.2) is 0 Å². The lowest BCUT2D eigenvalue weighted by atomic mass is 10.1. The van der Waals surface area contributed by atoms with Crippen LogP contribution in [0.3, 0.4) is 0 Å². The van der Waals surface area contributed by atoms with E-state index in [1.807, 2.05) is 0 Å². The van der Waals surface area contributed by atoms with Gasteiger partial charge in [0.05, 0.1) is 5.56 Å². The molecule has 1 rings (SSSR count). The maximum atomic E-state index is 12.7. The molecule has 0 bridgehead atoms. The van der Waals surface area contributed by atoms with Crippen molar-refractivity contribution in [2.24, 2.45) is 5.73 Å². The molecular weight excluding hydrogens is 297 g/mol. The van der Waals surface area contributed by atoms with Crippen molar-refractivity contribution in [3.8, 4) is 0 Å². The van der Waals surface area contributed by atoms with Crippen molar-refractivity contribution in [1.82, 2.24) is 0 Å². The second kappa shape index (κ2) is 7.47. The van der Waals surface area contributed by atoms with E-state index in [9.17, 15) is 18.0 Å². The number of benzene rings is 1. The van der Waals surface area contributed by atoms with Gasteiger partial charge in [0.25, 0.3) is 5.91 Å². The average Bonchev–Trinajstić information content (AvgIpc) is 2.36. The quantitative estimate of drug-likeness (QED) is 0.898. The number of amides is 1. The molecule has 0 saturated carbocycles.